The van der Waals surface area contributed by atoms with Gasteiger partial charge in [0.1, 0.15) is 34.9 Å². The van der Waals surface area contributed by atoms with Gasteiger partial charge in [-0.25, -0.2) is 15.0 Å². The van der Waals surface area contributed by atoms with Crippen LogP contribution in [0.15, 0.2) is 136 Å². The predicted molar refractivity (Wildman–Crippen MR) is 420 cm³/mol. The highest BCUT2D eigenvalue weighted by atomic mass is 16.3. The average Bonchev–Trinajstić information content (AvgIpc) is 1.72. The summed E-state index contributed by atoms with van der Waals surface area (Å²) in [5.74, 6) is 5.16. The normalized spacial score (nSPS) is 20.4. The number of hydrogen-bond donors (Lipinski definition) is 10. The first-order valence-electron chi connectivity index (χ1n) is 38.3. The van der Waals surface area contributed by atoms with E-state index in [1.807, 2.05) is 74.6 Å². The number of allylic oxidation sites excluding steroid dienone is 1. The number of carbonyl (C=O) groups excluding carboxylic acids is 3. The number of aryl methyl sites for hydroxylation is 3. The summed E-state index contributed by atoms with van der Waals surface area (Å²) in [6.07, 6.45) is 32.8. The number of rotatable bonds is 27. The highest BCUT2D eigenvalue weighted by Gasteiger charge is 2.31. The van der Waals surface area contributed by atoms with Gasteiger partial charge in [-0.3, -0.25) is 14.4 Å². The quantitative estimate of drug-likeness (QED) is 0.0169. The number of nitrogens with zero attached hydrogens (tertiary/aromatic N) is 12. The minimum absolute atomic E-state index is 0.0931. The summed E-state index contributed by atoms with van der Waals surface area (Å²) in [6, 6.07) is 23.1. The first-order valence-corrected chi connectivity index (χ1v) is 38.3. The van der Waals surface area contributed by atoms with E-state index >= 15 is 0 Å². The zero-order valence-corrected chi connectivity index (χ0v) is 61.6. The number of nitrogens with one attached hydrogen (secondary N) is 7. The number of piperidine rings is 3. The van der Waals surface area contributed by atoms with E-state index in [1.54, 1.807) is 18.2 Å². The van der Waals surface area contributed by atoms with E-state index in [9.17, 15) is 29.7 Å². The van der Waals surface area contributed by atoms with Crippen LogP contribution in [0.1, 0.15) is 176 Å². The van der Waals surface area contributed by atoms with E-state index in [1.165, 1.54) is 25.0 Å². The van der Waals surface area contributed by atoms with Crippen LogP contribution in [0.2, 0.25) is 0 Å². The Morgan fingerprint density at radius 1 is 0.467 bits per heavy atom. The monoisotopic (exact) mass is 1430 g/mol. The van der Waals surface area contributed by atoms with Crippen LogP contribution in [0.4, 0.5) is 52.0 Å². The Hall–Kier alpha value is -9.85. The van der Waals surface area contributed by atoms with Gasteiger partial charge in [-0.1, -0.05) is 53.2 Å². The number of aliphatic hydroxyl groups excluding tert-OH is 3. The number of benzene rings is 2. The van der Waals surface area contributed by atoms with Gasteiger partial charge in [0.15, 0.2) is 16.9 Å². The molecule has 2 aromatic carbocycles. The molecule has 25 heteroatoms. The zero-order valence-electron chi connectivity index (χ0n) is 61.6. The molecule has 105 heavy (non-hydrogen) atoms. The summed E-state index contributed by atoms with van der Waals surface area (Å²) in [4.78, 5) is 58.3. The van der Waals surface area contributed by atoms with Gasteiger partial charge in [0.25, 0.3) is 5.91 Å². The molecule has 3 aliphatic heterocycles. The summed E-state index contributed by atoms with van der Waals surface area (Å²) >= 11 is 0. The predicted octanol–water partition coefficient (Wildman–Crippen LogP) is 12.3. The standard InChI is InChI=1S/C32H37N7O2.2C24H36N6O2/c1-4-22(3)34-25-14-12-24(13-15-25)32(41)36-27-10-8-9-26(19-27)35-30-20-29(37-31-23(5-2)21-33-39(30)31)38-17-7-6-11-28(38)16-18-40;2*1-3-17-16-25-30-22(26-18-8-10-19(11-9-18)27-23(32)4-2)15-21(28-24(17)30)29-13-6-5-7-20(29)12-14-31/h4,8-10,12-15,19-21,28,34-35,40H,1,3,5-7,11,16-18H2,2H3,(H,36,41);2*4,15-16,18-20,26,31H,2-3,5-14H2,1H3,(H,27,32)/t;2*18?,19?,20-/m.00/s1. The molecular weight excluding hydrogens is 1320 g/mol. The van der Waals surface area contributed by atoms with Crippen molar-refractivity contribution in [3.05, 3.63) is 158 Å². The maximum Gasteiger partial charge on any atom is 0.255 e. The molecule has 1 unspecified atom stereocenters. The molecule has 8 aromatic rings. The van der Waals surface area contributed by atoms with Crippen molar-refractivity contribution in [3.63, 3.8) is 0 Å². The molecular formula is C80H109N19O6. The number of carbonyl (C=O) groups is 3. The molecule has 2 saturated carbocycles. The Bertz CT molecular complexity index is 4090. The van der Waals surface area contributed by atoms with E-state index < -0.39 is 0 Å². The maximum atomic E-state index is 13.0. The zero-order chi connectivity index (χ0) is 73.8. The van der Waals surface area contributed by atoms with E-state index in [-0.39, 0.29) is 55.7 Å². The minimum atomic E-state index is -0.204. The average molecular weight is 1430 g/mol. The molecule has 0 radical (unpaired) electrons. The van der Waals surface area contributed by atoms with E-state index in [0.29, 0.717) is 41.1 Å². The summed E-state index contributed by atoms with van der Waals surface area (Å²) in [5, 5.41) is 65.8. The molecule has 10 N–H and O–H groups in total. The molecule has 3 atom stereocenters. The summed E-state index contributed by atoms with van der Waals surface area (Å²) in [6.45, 7) is 24.4. The van der Waals surface area contributed by atoms with Gasteiger partial charge < -0.3 is 67.2 Å². The van der Waals surface area contributed by atoms with Gasteiger partial charge in [-0.15, -0.1) is 0 Å². The van der Waals surface area contributed by atoms with Crippen LogP contribution >= 0.6 is 0 Å². The fourth-order valence-corrected chi connectivity index (χ4v) is 15.4. The van der Waals surface area contributed by atoms with Crippen molar-refractivity contribution in [3.8, 4) is 0 Å². The number of fused-ring (bicyclic) bond motifs is 3. The Kier molecular flexibility index (Phi) is 27.0. The molecule has 0 bridgehead atoms. The molecule has 6 aromatic heterocycles. The van der Waals surface area contributed by atoms with Crippen LogP contribution in [0, 0.1) is 0 Å². The van der Waals surface area contributed by atoms with Gasteiger partial charge in [-0.2, -0.15) is 28.8 Å². The molecule has 560 valence electrons. The Balaban J connectivity index is 0.000000159. The van der Waals surface area contributed by atoms with Crippen molar-refractivity contribution in [2.24, 2.45) is 0 Å². The lowest BCUT2D eigenvalue weighted by molar-refractivity contribution is -0.118. The minimum Gasteiger partial charge on any atom is -0.396 e. The fourth-order valence-electron chi connectivity index (χ4n) is 15.4. The first kappa shape index (κ1) is 76.3. The van der Waals surface area contributed by atoms with E-state index in [4.69, 9.17) is 15.0 Å². The molecule has 25 nitrogen and oxygen atoms in total. The van der Waals surface area contributed by atoms with Crippen molar-refractivity contribution in [2.45, 2.75) is 211 Å². The summed E-state index contributed by atoms with van der Waals surface area (Å²) in [7, 11) is 0. The second-order valence-corrected chi connectivity index (χ2v) is 28.2. The largest absolute Gasteiger partial charge is 0.396 e. The molecule has 2 aliphatic carbocycles. The van der Waals surface area contributed by atoms with Crippen LogP contribution in [0.3, 0.4) is 0 Å². The van der Waals surface area contributed by atoms with Crippen molar-refractivity contribution in [1.82, 2.24) is 54.4 Å². The van der Waals surface area contributed by atoms with E-state index in [2.05, 4.69) is 126 Å². The molecule has 3 saturated heterocycles. The number of aromatic nitrogens is 9. The Morgan fingerprint density at radius 2 is 0.857 bits per heavy atom. The van der Waals surface area contributed by atoms with Crippen molar-refractivity contribution < 1.29 is 29.7 Å². The second-order valence-electron chi connectivity index (χ2n) is 28.2. The van der Waals surface area contributed by atoms with Crippen molar-refractivity contribution in [1.29, 1.82) is 0 Å². The first-order chi connectivity index (χ1) is 51.2. The fraction of sp³-hybridized carbons (Fsp3) is 0.487. The van der Waals surface area contributed by atoms with Crippen molar-refractivity contribution >= 4 is 86.6 Å². The third-order valence-corrected chi connectivity index (χ3v) is 21.2. The van der Waals surface area contributed by atoms with Gasteiger partial charge in [0, 0.05) is 145 Å². The number of amides is 3. The van der Waals surface area contributed by atoms with Gasteiger partial charge in [-0.05, 0) is 208 Å². The smallest absolute Gasteiger partial charge is 0.255 e. The van der Waals surface area contributed by atoms with Crippen LogP contribution in [-0.2, 0) is 28.9 Å². The molecule has 5 fully saturated rings. The number of anilines is 9. The maximum absolute atomic E-state index is 13.0. The van der Waals surface area contributed by atoms with Crippen LogP contribution in [-0.4, -0.2) is 159 Å². The lowest BCUT2D eigenvalue weighted by Gasteiger charge is -2.37. The van der Waals surface area contributed by atoms with Crippen LogP contribution in [0.25, 0.3) is 16.9 Å². The van der Waals surface area contributed by atoms with Crippen LogP contribution < -0.4 is 51.9 Å². The lowest BCUT2D eigenvalue weighted by Crippen LogP contribution is -2.41. The van der Waals surface area contributed by atoms with Gasteiger partial charge in [0.05, 0.1) is 18.6 Å². The summed E-state index contributed by atoms with van der Waals surface area (Å²) < 4.78 is 5.69. The highest BCUT2D eigenvalue weighted by Crippen LogP contribution is 2.35. The SMILES string of the molecule is C=CC(=C)Nc1ccc(C(=O)Nc2cccc(Nc3cc(N4CCCCC4CCO)nc4c(CC)cnn34)c2)cc1.C=CC(=O)NC1CCC(Nc2cc(N3CCCC[C@H]3CCO)nc3c(CC)cnn23)CC1.C=CC(=O)NC1CCC(Nc2cc(N3CCCC[C@H]3CCO)nc3c(CC)cnn23)CC1. The topological polar surface area (TPSA) is 296 Å². The number of hydrogen-bond acceptors (Lipinski definition) is 19. The molecule has 13 rings (SSSR count). The van der Waals surface area contributed by atoms with Gasteiger partial charge in [0.2, 0.25) is 11.8 Å². The molecule has 9 heterocycles. The Labute approximate surface area is 617 Å². The third-order valence-electron chi connectivity index (χ3n) is 21.2. The Morgan fingerprint density at radius 3 is 1.25 bits per heavy atom. The van der Waals surface area contributed by atoms with Crippen molar-refractivity contribution in [2.75, 3.05) is 80.7 Å². The highest BCUT2D eigenvalue weighted by molar-refractivity contribution is 6.04. The molecule has 0 spiro atoms. The third kappa shape index (κ3) is 19.4. The van der Waals surface area contributed by atoms with Gasteiger partial charge >= 0.3 is 0 Å². The lowest BCUT2D eigenvalue weighted by atomic mass is 9.91. The van der Waals surface area contributed by atoms with Crippen LogP contribution in [0.5, 0.6) is 0 Å². The second kappa shape index (κ2) is 37.2. The number of aliphatic hydroxyl groups is 3. The summed E-state index contributed by atoms with van der Waals surface area (Å²) in [5.41, 5.74) is 9.53. The molecule has 5 aliphatic rings. The molecule has 3 amide bonds. The van der Waals surface area contributed by atoms with E-state index in [0.717, 1.165) is 234 Å².